The van der Waals surface area contributed by atoms with Crippen molar-refractivity contribution in [1.29, 1.82) is 0 Å². The monoisotopic (exact) mass is 316 g/mol. The van der Waals surface area contributed by atoms with Crippen LogP contribution in [0.4, 0.5) is 0 Å². The van der Waals surface area contributed by atoms with E-state index in [0.29, 0.717) is 0 Å². The highest BCUT2D eigenvalue weighted by Gasteiger charge is 2.51. The molecule has 1 aliphatic heterocycles. The Morgan fingerprint density at radius 1 is 0.667 bits per heavy atom. The molecule has 120 valence electrons. The van der Waals surface area contributed by atoms with E-state index in [1.54, 1.807) is 0 Å². The normalized spacial score (nSPS) is 22.4. The van der Waals surface area contributed by atoms with E-state index >= 15 is 0 Å². The molecule has 1 fully saturated rings. The minimum absolute atomic E-state index is 0.196. The van der Waals surface area contributed by atoms with Crippen LogP contribution in [0.3, 0.4) is 0 Å². The van der Waals surface area contributed by atoms with Gasteiger partial charge in [-0.3, -0.25) is 0 Å². The van der Waals surface area contributed by atoms with E-state index < -0.39 is 5.60 Å². The lowest BCUT2D eigenvalue weighted by Crippen LogP contribution is -2.33. The lowest BCUT2D eigenvalue weighted by molar-refractivity contribution is -0.0674. The maximum atomic E-state index is 6.47. The smallest absolute Gasteiger partial charge is 0.157 e. The van der Waals surface area contributed by atoms with E-state index in [4.69, 9.17) is 9.47 Å². The highest BCUT2D eigenvalue weighted by Crippen LogP contribution is 2.51. The van der Waals surface area contributed by atoms with E-state index in [1.165, 1.54) is 0 Å². The molecule has 2 nitrogen and oxygen atoms in total. The maximum Gasteiger partial charge on any atom is 0.157 e. The van der Waals surface area contributed by atoms with Crippen molar-refractivity contribution in [2.45, 2.75) is 24.9 Å². The molecule has 24 heavy (non-hydrogen) atoms. The lowest BCUT2D eigenvalue weighted by Gasteiger charge is -2.34. The van der Waals surface area contributed by atoms with Crippen LogP contribution < -0.4 is 0 Å². The Morgan fingerprint density at radius 3 is 1.62 bits per heavy atom. The second kappa shape index (κ2) is 6.23. The van der Waals surface area contributed by atoms with Crippen LogP contribution in [-0.4, -0.2) is 6.29 Å². The number of ether oxygens (including phenoxy) is 2. The quantitative estimate of drug-likeness (QED) is 0.672. The third-order valence-corrected chi connectivity index (χ3v) is 4.56. The molecular weight excluding hydrogens is 296 g/mol. The fraction of sp³-hybridized carbons (Fsp3) is 0.182. The molecule has 0 saturated carbocycles. The van der Waals surface area contributed by atoms with Gasteiger partial charge in [0.25, 0.3) is 0 Å². The van der Waals surface area contributed by atoms with Gasteiger partial charge in [0.2, 0.25) is 0 Å². The lowest BCUT2D eigenvalue weighted by atomic mass is 9.79. The zero-order chi connectivity index (χ0) is 16.4. The molecule has 4 rings (SSSR count). The van der Waals surface area contributed by atoms with Crippen molar-refractivity contribution in [2.24, 2.45) is 0 Å². The summed E-state index contributed by atoms with van der Waals surface area (Å²) in [7, 11) is 0. The molecule has 1 aliphatic rings. The summed E-state index contributed by atoms with van der Waals surface area (Å²) in [6.45, 7) is 1.96. The van der Waals surface area contributed by atoms with Crippen LogP contribution in [0.5, 0.6) is 0 Å². The summed E-state index contributed by atoms with van der Waals surface area (Å²) < 4.78 is 12.7. The number of hydrogen-bond acceptors (Lipinski definition) is 2. The highest BCUT2D eigenvalue weighted by molar-refractivity contribution is 5.42. The zero-order valence-electron chi connectivity index (χ0n) is 13.6. The number of hydrogen-bond donors (Lipinski definition) is 0. The van der Waals surface area contributed by atoms with Gasteiger partial charge in [0.05, 0.1) is 0 Å². The molecule has 0 amide bonds. The van der Waals surface area contributed by atoms with Gasteiger partial charge in [0.15, 0.2) is 11.9 Å². The van der Waals surface area contributed by atoms with E-state index in [-0.39, 0.29) is 12.4 Å². The van der Waals surface area contributed by atoms with Crippen LogP contribution in [0.2, 0.25) is 0 Å². The molecule has 2 heteroatoms. The van der Waals surface area contributed by atoms with Crippen molar-refractivity contribution in [3.05, 3.63) is 108 Å². The van der Waals surface area contributed by atoms with Gasteiger partial charge in [-0.1, -0.05) is 91.0 Å². The second-order valence-corrected chi connectivity index (χ2v) is 6.08. The first-order chi connectivity index (χ1) is 11.8. The fourth-order valence-electron chi connectivity index (χ4n) is 3.56. The standard InChI is InChI=1S/C22H20O2/c1-17-23-21(18-11-5-2-6-12-18)22(24-17,19-13-7-3-8-14-19)20-15-9-4-10-16-20/h2-17,21H,1H3/t17-,21+/m1/s1. The van der Waals surface area contributed by atoms with Gasteiger partial charge in [-0.2, -0.15) is 0 Å². The summed E-state index contributed by atoms with van der Waals surface area (Å²) in [5.41, 5.74) is 2.68. The molecule has 0 aliphatic carbocycles. The minimum Gasteiger partial charge on any atom is -0.341 e. The van der Waals surface area contributed by atoms with E-state index in [0.717, 1.165) is 16.7 Å². The zero-order valence-corrected chi connectivity index (χ0v) is 13.6. The fourth-order valence-corrected chi connectivity index (χ4v) is 3.56. The summed E-state index contributed by atoms with van der Waals surface area (Å²) in [4.78, 5) is 0. The van der Waals surface area contributed by atoms with E-state index in [1.807, 2.05) is 37.3 Å². The Labute approximate surface area is 142 Å². The van der Waals surface area contributed by atoms with Crippen LogP contribution in [0.25, 0.3) is 0 Å². The van der Waals surface area contributed by atoms with Gasteiger partial charge >= 0.3 is 0 Å². The van der Waals surface area contributed by atoms with Crippen LogP contribution in [0.1, 0.15) is 29.7 Å². The summed E-state index contributed by atoms with van der Waals surface area (Å²) in [6, 6.07) is 31.0. The Kier molecular flexibility index (Phi) is 3.93. The van der Waals surface area contributed by atoms with Crippen molar-refractivity contribution in [3.63, 3.8) is 0 Å². The summed E-state index contributed by atoms with van der Waals surface area (Å²) >= 11 is 0. The van der Waals surface area contributed by atoms with Crippen LogP contribution in [0.15, 0.2) is 91.0 Å². The first-order valence-electron chi connectivity index (χ1n) is 8.30. The Balaban J connectivity index is 1.95. The van der Waals surface area contributed by atoms with Gasteiger partial charge < -0.3 is 9.47 Å². The van der Waals surface area contributed by atoms with Crippen molar-refractivity contribution in [2.75, 3.05) is 0 Å². The maximum absolute atomic E-state index is 6.47. The van der Waals surface area contributed by atoms with Crippen LogP contribution in [0, 0.1) is 0 Å². The van der Waals surface area contributed by atoms with E-state index in [2.05, 4.69) is 60.7 Å². The van der Waals surface area contributed by atoms with Crippen LogP contribution in [-0.2, 0) is 15.1 Å². The number of benzene rings is 3. The van der Waals surface area contributed by atoms with Gasteiger partial charge in [-0.25, -0.2) is 0 Å². The molecule has 1 saturated heterocycles. The topological polar surface area (TPSA) is 18.5 Å². The first kappa shape index (κ1) is 15.1. The molecule has 3 aromatic carbocycles. The predicted molar refractivity (Wildman–Crippen MR) is 94.5 cm³/mol. The molecule has 0 bridgehead atoms. The first-order valence-corrected chi connectivity index (χ1v) is 8.30. The van der Waals surface area contributed by atoms with E-state index in [9.17, 15) is 0 Å². The molecule has 0 unspecified atom stereocenters. The molecule has 2 atom stereocenters. The summed E-state index contributed by atoms with van der Waals surface area (Å²) in [6.07, 6.45) is -0.478. The molecule has 3 aromatic rings. The van der Waals surface area contributed by atoms with Crippen molar-refractivity contribution in [1.82, 2.24) is 0 Å². The largest absolute Gasteiger partial charge is 0.341 e. The summed E-state index contributed by atoms with van der Waals surface area (Å²) in [5, 5.41) is 0. The number of rotatable bonds is 3. The third-order valence-electron chi connectivity index (χ3n) is 4.56. The van der Waals surface area contributed by atoms with Crippen LogP contribution >= 0.6 is 0 Å². The van der Waals surface area contributed by atoms with Crippen molar-refractivity contribution < 1.29 is 9.47 Å². The highest BCUT2D eigenvalue weighted by atomic mass is 16.7. The van der Waals surface area contributed by atoms with Gasteiger partial charge in [-0.15, -0.1) is 0 Å². The minimum atomic E-state index is -0.650. The van der Waals surface area contributed by atoms with Gasteiger partial charge in [-0.05, 0) is 23.6 Å². The predicted octanol–water partition coefficient (Wildman–Crippen LogP) is 5.06. The molecule has 0 N–H and O–H groups in total. The Bertz CT molecular complexity index is 744. The molecule has 0 aromatic heterocycles. The molecule has 1 heterocycles. The third kappa shape index (κ3) is 2.44. The van der Waals surface area contributed by atoms with Gasteiger partial charge in [0.1, 0.15) is 6.10 Å². The molecular formula is C22H20O2. The van der Waals surface area contributed by atoms with Gasteiger partial charge in [0, 0.05) is 0 Å². The summed E-state index contributed by atoms with van der Waals surface area (Å²) in [5.74, 6) is 0. The molecule has 0 radical (unpaired) electrons. The Morgan fingerprint density at radius 2 is 1.12 bits per heavy atom. The molecule has 0 spiro atoms. The second-order valence-electron chi connectivity index (χ2n) is 6.08. The average Bonchev–Trinajstić information content (AvgIpc) is 3.02. The van der Waals surface area contributed by atoms with Crippen molar-refractivity contribution >= 4 is 0 Å². The Hall–Kier alpha value is -2.42. The average molecular weight is 316 g/mol. The SMILES string of the molecule is C[C@@H]1O[C@@H](c2ccccc2)C(c2ccccc2)(c2ccccc2)O1. The van der Waals surface area contributed by atoms with Crippen molar-refractivity contribution in [3.8, 4) is 0 Å².